The van der Waals surface area contributed by atoms with E-state index in [1.54, 1.807) is 0 Å². The molecule has 3 rings (SSSR count). The summed E-state index contributed by atoms with van der Waals surface area (Å²) >= 11 is 0. The highest BCUT2D eigenvalue weighted by Crippen LogP contribution is 2.18. The molecule has 28 heavy (non-hydrogen) atoms. The molecule has 2 N–H and O–H groups in total. The number of hydrogen-bond acceptors (Lipinski definition) is 3. The number of amides is 2. The highest BCUT2D eigenvalue weighted by molar-refractivity contribution is 5.74. The summed E-state index contributed by atoms with van der Waals surface area (Å²) in [5.74, 6) is 0. The Morgan fingerprint density at radius 1 is 1.07 bits per heavy atom. The van der Waals surface area contributed by atoms with E-state index in [2.05, 4.69) is 56.8 Å². The lowest BCUT2D eigenvalue weighted by Gasteiger charge is -2.28. The fourth-order valence-corrected chi connectivity index (χ4v) is 3.74. The molecular formula is C23H32N4O. The summed E-state index contributed by atoms with van der Waals surface area (Å²) in [4.78, 5) is 16.9. The number of benzene rings is 2. The van der Waals surface area contributed by atoms with Gasteiger partial charge in [-0.15, -0.1) is 0 Å². The highest BCUT2D eigenvalue weighted by atomic mass is 16.2. The predicted octanol–water partition coefficient (Wildman–Crippen LogP) is 3.04. The summed E-state index contributed by atoms with van der Waals surface area (Å²) < 4.78 is 0. The van der Waals surface area contributed by atoms with Crippen molar-refractivity contribution in [2.75, 3.05) is 40.3 Å². The molecule has 0 bridgehead atoms. The second-order valence-corrected chi connectivity index (χ2v) is 7.77. The number of hydrogen-bond donors (Lipinski definition) is 2. The van der Waals surface area contributed by atoms with E-state index >= 15 is 0 Å². The van der Waals surface area contributed by atoms with Gasteiger partial charge >= 0.3 is 6.03 Å². The van der Waals surface area contributed by atoms with E-state index in [9.17, 15) is 4.79 Å². The van der Waals surface area contributed by atoms with Gasteiger partial charge in [0.25, 0.3) is 0 Å². The molecule has 2 aromatic carbocycles. The van der Waals surface area contributed by atoms with Gasteiger partial charge in [-0.05, 0) is 43.6 Å². The maximum absolute atomic E-state index is 12.4. The van der Waals surface area contributed by atoms with E-state index in [0.29, 0.717) is 6.54 Å². The number of fused-ring (bicyclic) bond motifs is 1. The molecule has 0 saturated carbocycles. The molecule has 2 aromatic rings. The lowest BCUT2D eigenvalue weighted by molar-refractivity contribution is 0.228. The third-order valence-electron chi connectivity index (χ3n) is 5.20. The third-order valence-corrected chi connectivity index (χ3v) is 5.20. The average Bonchev–Trinajstić information content (AvgIpc) is 2.71. The Morgan fingerprint density at radius 3 is 2.54 bits per heavy atom. The zero-order valence-electron chi connectivity index (χ0n) is 17.0. The van der Waals surface area contributed by atoms with E-state index in [1.165, 1.54) is 11.1 Å². The Labute approximate surface area is 168 Å². The van der Waals surface area contributed by atoms with Crippen molar-refractivity contribution in [3.8, 4) is 0 Å². The summed E-state index contributed by atoms with van der Waals surface area (Å²) in [5, 5.41) is 6.13. The molecule has 150 valence electrons. The van der Waals surface area contributed by atoms with Crippen molar-refractivity contribution in [1.82, 2.24) is 20.4 Å². The van der Waals surface area contributed by atoms with Gasteiger partial charge < -0.3 is 15.5 Å². The number of carbonyl (C=O) groups excluding carboxylic acids is 1. The molecule has 0 spiro atoms. The van der Waals surface area contributed by atoms with Gasteiger partial charge in [0.1, 0.15) is 0 Å². The fourth-order valence-electron chi connectivity index (χ4n) is 3.74. The summed E-state index contributed by atoms with van der Waals surface area (Å²) in [6.07, 6.45) is 2.08. The van der Waals surface area contributed by atoms with E-state index in [4.69, 9.17) is 0 Å². The van der Waals surface area contributed by atoms with Crippen molar-refractivity contribution in [3.63, 3.8) is 0 Å². The predicted molar refractivity (Wildman–Crippen MR) is 114 cm³/mol. The van der Waals surface area contributed by atoms with Crippen LogP contribution in [0.5, 0.6) is 0 Å². The van der Waals surface area contributed by atoms with Crippen molar-refractivity contribution in [1.29, 1.82) is 0 Å². The van der Waals surface area contributed by atoms with Gasteiger partial charge in [-0.2, -0.15) is 0 Å². The van der Waals surface area contributed by atoms with E-state index in [-0.39, 0.29) is 12.1 Å². The molecule has 0 saturated heterocycles. The van der Waals surface area contributed by atoms with Crippen LogP contribution in [0, 0.1) is 0 Å². The minimum Gasteiger partial charge on any atom is -0.338 e. The van der Waals surface area contributed by atoms with Crippen LogP contribution in [0.2, 0.25) is 0 Å². The van der Waals surface area contributed by atoms with Gasteiger partial charge in [0.05, 0.1) is 6.04 Å². The van der Waals surface area contributed by atoms with Crippen LogP contribution in [-0.4, -0.2) is 56.1 Å². The minimum absolute atomic E-state index is 0.0187. The first kappa shape index (κ1) is 20.4. The summed E-state index contributed by atoms with van der Waals surface area (Å²) in [6, 6.07) is 18.7. The quantitative estimate of drug-likeness (QED) is 0.692. The smallest absolute Gasteiger partial charge is 0.315 e. The molecule has 1 aliphatic heterocycles. The standard InChI is InChI=1S/C23H32N4O/c1-26(2)18-22(20-10-4-3-5-11-20)25-23(28)24-14-8-15-27-16-13-19-9-6-7-12-21(19)17-27/h3-7,9-12,22H,8,13-18H2,1-2H3,(H2,24,25,28). The average molecular weight is 381 g/mol. The van der Waals surface area contributed by atoms with Crippen LogP contribution in [0.4, 0.5) is 4.79 Å². The van der Waals surface area contributed by atoms with E-state index in [0.717, 1.165) is 44.6 Å². The minimum atomic E-state index is -0.0975. The van der Waals surface area contributed by atoms with Crippen molar-refractivity contribution in [2.24, 2.45) is 0 Å². The fraction of sp³-hybridized carbons (Fsp3) is 0.435. The first-order valence-electron chi connectivity index (χ1n) is 10.1. The molecule has 2 amide bonds. The van der Waals surface area contributed by atoms with Crippen LogP contribution >= 0.6 is 0 Å². The van der Waals surface area contributed by atoms with Crippen LogP contribution in [-0.2, 0) is 13.0 Å². The first-order chi connectivity index (χ1) is 13.6. The second kappa shape index (κ2) is 10.2. The molecule has 5 heteroatoms. The maximum Gasteiger partial charge on any atom is 0.315 e. The van der Waals surface area contributed by atoms with Gasteiger partial charge in [0, 0.05) is 32.7 Å². The molecule has 1 atom stereocenters. The molecule has 1 aliphatic rings. The number of urea groups is 1. The summed E-state index contributed by atoms with van der Waals surface area (Å²) in [7, 11) is 4.04. The Hall–Kier alpha value is -2.37. The molecule has 0 fully saturated rings. The largest absolute Gasteiger partial charge is 0.338 e. The van der Waals surface area contributed by atoms with Gasteiger partial charge in [-0.3, -0.25) is 4.90 Å². The number of rotatable bonds is 8. The zero-order valence-corrected chi connectivity index (χ0v) is 17.0. The normalized spacial score (nSPS) is 15.1. The molecule has 5 nitrogen and oxygen atoms in total. The molecule has 1 unspecified atom stereocenters. The Bertz CT molecular complexity index is 747. The van der Waals surface area contributed by atoms with Crippen LogP contribution in [0.15, 0.2) is 54.6 Å². The van der Waals surface area contributed by atoms with Gasteiger partial charge in [-0.1, -0.05) is 54.6 Å². The molecule has 0 aromatic heterocycles. The van der Waals surface area contributed by atoms with Crippen LogP contribution in [0.1, 0.15) is 29.2 Å². The molecule has 1 heterocycles. The molecular weight excluding hydrogens is 348 g/mol. The lowest BCUT2D eigenvalue weighted by Crippen LogP contribution is -2.42. The van der Waals surface area contributed by atoms with Gasteiger partial charge in [0.15, 0.2) is 0 Å². The number of likely N-dealkylation sites (N-methyl/N-ethyl adjacent to an activating group) is 1. The number of nitrogens with zero attached hydrogens (tertiary/aromatic N) is 2. The Morgan fingerprint density at radius 2 is 1.79 bits per heavy atom. The van der Waals surface area contributed by atoms with Crippen molar-refractivity contribution >= 4 is 6.03 Å². The first-order valence-corrected chi connectivity index (χ1v) is 10.1. The molecule has 0 aliphatic carbocycles. The van der Waals surface area contributed by atoms with Crippen molar-refractivity contribution in [2.45, 2.75) is 25.4 Å². The zero-order chi connectivity index (χ0) is 19.8. The van der Waals surface area contributed by atoms with Crippen molar-refractivity contribution < 1.29 is 4.79 Å². The maximum atomic E-state index is 12.4. The second-order valence-electron chi connectivity index (χ2n) is 7.77. The van der Waals surface area contributed by atoms with Crippen molar-refractivity contribution in [3.05, 3.63) is 71.3 Å². The lowest BCUT2D eigenvalue weighted by atomic mass is 10.00. The summed E-state index contributed by atoms with van der Waals surface area (Å²) in [6.45, 7) is 4.58. The van der Waals surface area contributed by atoms with Crippen LogP contribution in [0.3, 0.4) is 0 Å². The Kier molecular flexibility index (Phi) is 7.46. The monoisotopic (exact) mass is 380 g/mol. The number of nitrogens with one attached hydrogen (secondary N) is 2. The summed E-state index contributed by atoms with van der Waals surface area (Å²) in [5.41, 5.74) is 4.04. The van der Waals surface area contributed by atoms with Crippen LogP contribution < -0.4 is 10.6 Å². The van der Waals surface area contributed by atoms with E-state index < -0.39 is 0 Å². The van der Waals surface area contributed by atoms with Gasteiger partial charge in [-0.25, -0.2) is 4.79 Å². The Balaban J connectivity index is 1.40. The number of carbonyl (C=O) groups is 1. The third kappa shape index (κ3) is 6.08. The van der Waals surface area contributed by atoms with E-state index in [1.807, 2.05) is 32.3 Å². The van der Waals surface area contributed by atoms with Crippen LogP contribution in [0.25, 0.3) is 0 Å². The van der Waals surface area contributed by atoms with Gasteiger partial charge in [0.2, 0.25) is 0 Å². The topological polar surface area (TPSA) is 47.6 Å². The SMILES string of the molecule is CN(C)CC(NC(=O)NCCCN1CCc2ccccc2C1)c1ccccc1. The highest BCUT2D eigenvalue weighted by Gasteiger charge is 2.16. The molecule has 0 radical (unpaired) electrons.